The number of aliphatic carboxylic acids is 3. The van der Waals surface area contributed by atoms with Gasteiger partial charge in [-0.1, -0.05) is 42.5 Å². The largest absolute Gasteiger partial charge is 0.542 e. The monoisotopic (exact) mass is 498 g/mol. The fraction of sp³-hybridized carbons (Fsp3) is 0.350. The number of alkyl halides is 6. The van der Waals surface area contributed by atoms with Crippen LogP contribution in [0.5, 0.6) is 0 Å². The van der Waals surface area contributed by atoms with E-state index in [1.54, 1.807) is 0 Å². The number of hydrogen-bond acceptors (Lipinski definition) is 5. The molecule has 0 saturated carbocycles. The molecule has 1 saturated heterocycles. The van der Waals surface area contributed by atoms with E-state index in [1.807, 2.05) is 42.5 Å². The van der Waals surface area contributed by atoms with Gasteiger partial charge in [0.25, 0.3) is 0 Å². The molecule has 188 valence electrons. The molecule has 0 aromatic heterocycles. The maximum absolute atomic E-state index is 11.8. The van der Waals surface area contributed by atoms with Gasteiger partial charge in [0.05, 0.1) is 0 Å². The summed E-state index contributed by atoms with van der Waals surface area (Å²) in [6.07, 6.45) is -10.4. The van der Waals surface area contributed by atoms with Crippen molar-refractivity contribution >= 4 is 28.7 Å². The SMILES string of the molecule is O=C(O)C(c1cccc2ccccc12)[NH+]1CC[NH2+]CC1.O=C([O-])C(F)(F)F.O=C([O-])C(F)(F)F. The standard InChI is InChI=1S/C16H18N2O2.2C2HF3O2/c19-16(20)15(18-10-8-17-9-11-18)14-7-3-5-12-4-1-2-6-13(12)14;2*3-2(4,5)1(6)7/h1-7,15,17H,8-11H2,(H,19,20);2*(H,6,7). The minimum Gasteiger partial charge on any atom is -0.542 e. The lowest BCUT2D eigenvalue weighted by Crippen LogP contribution is -3.21. The normalized spacial score (nSPS) is 15.2. The van der Waals surface area contributed by atoms with Crippen LogP contribution < -0.4 is 20.4 Å². The summed E-state index contributed by atoms with van der Waals surface area (Å²) in [6, 6.07) is 13.5. The Bertz CT molecular complexity index is 960. The van der Waals surface area contributed by atoms with E-state index in [4.69, 9.17) is 19.8 Å². The second kappa shape index (κ2) is 12.2. The number of carbonyl (C=O) groups excluding carboxylic acids is 2. The maximum Gasteiger partial charge on any atom is 0.430 e. The van der Waals surface area contributed by atoms with Crippen LogP contribution in [0.25, 0.3) is 10.8 Å². The molecule has 14 heteroatoms. The van der Waals surface area contributed by atoms with Crippen molar-refractivity contribution in [3.63, 3.8) is 0 Å². The molecule has 4 N–H and O–H groups in total. The zero-order valence-electron chi connectivity index (χ0n) is 17.3. The predicted molar refractivity (Wildman–Crippen MR) is 98.8 cm³/mol. The highest BCUT2D eigenvalue weighted by atomic mass is 19.4. The van der Waals surface area contributed by atoms with E-state index in [9.17, 15) is 36.2 Å². The van der Waals surface area contributed by atoms with Crippen molar-refractivity contribution in [2.24, 2.45) is 0 Å². The van der Waals surface area contributed by atoms with E-state index in [1.165, 1.54) is 0 Å². The van der Waals surface area contributed by atoms with Crippen molar-refractivity contribution < 1.29 is 66.3 Å². The van der Waals surface area contributed by atoms with Crippen LogP contribution in [0.1, 0.15) is 11.6 Å². The quantitative estimate of drug-likeness (QED) is 0.420. The number of hydrogen-bond donors (Lipinski definition) is 3. The molecule has 34 heavy (non-hydrogen) atoms. The number of carboxylic acids is 3. The Kier molecular flexibility index (Phi) is 10.3. The number of halogens is 6. The lowest BCUT2D eigenvalue weighted by Gasteiger charge is -2.28. The number of nitrogens with two attached hydrogens (primary N) is 1. The zero-order chi connectivity index (χ0) is 26.1. The highest BCUT2D eigenvalue weighted by Crippen LogP contribution is 2.23. The van der Waals surface area contributed by atoms with E-state index in [0.29, 0.717) is 0 Å². The van der Waals surface area contributed by atoms with Crippen LogP contribution in [0.4, 0.5) is 26.3 Å². The third kappa shape index (κ3) is 8.86. The van der Waals surface area contributed by atoms with Crippen molar-refractivity contribution in [3.8, 4) is 0 Å². The molecule has 1 heterocycles. The average Bonchev–Trinajstić information content (AvgIpc) is 2.74. The Balaban J connectivity index is 0.000000343. The van der Waals surface area contributed by atoms with Crippen molar-refractivity contribution in [1.29, 1.82) is 0 Å². The van der Waals surface area contributed by atoms with Crippen molar-refractivity contribution in [2.45, 2.75) is 18.4 Å². The molecule has 1 atom stereocenters. The lowest BCUT2D eigenvalue weighted by atomic mass is 9.97. The van der Waals surface area contributed by atoms with E-state index < -0.39 is 36.3 Å². The summed E-state index contributed by atoms with van der Waals surface area (Å²) < 4.78 is 63.1. The van der Waals surface area contributed by atoms with Crippen LogP contribution in [0.3, 0.4) is 0 Å². The number of carboxylic acid groups (broad SMARTS) is 3. The first kappa shape index (κ1) is 28.6. The molecule has 2 aromatic rings. The third-order valence-electron chi connectivity index (χ3n) is 4.59. The zero-order valence-corrected chi connectivity index (χ0v) is 17.3. The summed E-state index contributed by atoms with van der Waals surface area (Å²) >= 11 is 0. The summed E-state index contributed by atoms with van der Waals surface area (Å²) in [7, 11) is 0. The van der Waals surface area contributed by atoms with Gasteiger partial charge in [-0.25, -0.2) is 4.79 Å². The number of fused-ring (bicyclic) bond motifs is 1. The number of rotatable bonds is 3. The first-order chi connectivity index (χ1) is 15.7. The minimum atomic E-state index is -5.19. The molecule has 8 nitrogen and oxygen atoms in total. The highest BCUT2D eigenvalue weighted by molar-refractivity contribution is 5.89. The van der Waals surface area contributed by atoms with Crippen molar-refractivity contribution in [3.05, 3.63) is 48.0 Å². The van der Waals surface area contributed by atoms with Gasteiger partial charge in [0.15, 0.2) is 0 Å². The molecule has 0 radical (unpaired) electrons. The van der Waals surface area contributed by atoms with Crippen LogP contribution in [0.15, 0.2) is 42.5 Å². The number of carbonyl (C=O) groups is 3. The molecule has 2 aromatic carbocycles. The molecule has 3 rings (SSSR count). The summed E-state index contributed by atoms with van der Waals surface area (Å²) in [5, 5.41) is 31.7. The van der Waals surface area contributed by atoms with Gasteiger partial charge in [0.2, 0.25) is 6.04 Å². The number of piperazine rings is 1. The Labute approximate surface area is 188 Å². The van der Waals surface area contributed by atoms with E-state index in [2.05, 4.69) is 5.32 Å². The summed E-state index contributed by atoms with van der Waals surface area (Å²) in [6.45, 7) is 3.81. The number of quaternary nitrogens is 2. The molecule has 0 amide bonds. The topological polar surface area (TPSA) is 139 Å². The fourth-order valence-electron chi connectivity index (χ4n) is 3.16. The molecular formula is C20H20F6N2O6. The van der Waals surface area contributed by atoms with Crippen LogP contribution >= 0.6 is 0 Å². The second-order valence-electron chi connectivity index (χ2n) is 6.93. The first-order valence-electron chi connectivity index (χ1n) is 9.59. The van der Waals surface area contributed by atoms with E-state index in [0.717, 1.165) is 47.4 Å². The van der Waals surface area contributed by atoms with Gasteiger partial charge in [0, 0.05) is 5.56 Å². The van der Waals surface area contributed by atoms with Crippen molar-refractivity contribution in [1.82, 2.24) is 0 Å². The Hall–Kier alpha value is -3.39. The molecule has 1 fully saturated rings. The van der Waals surface area contributed by atoms with Crippen molar-refractivity contribution in [2.75, 3.05) is 26.2 Å². The summed E-state index contributed by atoms with van der Waals surface area (Å²) in [5.74, 6) is -6.74. The van der Waals surface area contributed by atoms with Gasteiger partial charge in [-0.2, -0.15) is 26.3 Å². The van der Waals surface area contributed by atoms with Gasteiger partial charge in [-0.05, 0) is 10.8 Å². The Morgan fingerprint density at radius 2 is 1.29 bits per heavy atom. The van der Waals surface area contributed by atoms with Crippen LogP contribution in [0, 0.1) is 0 Å². The summed E-state index contributed by atoms with van der Waals surface area (Å²) in [5.41, 5.74) is 0.938. The lowest BCUT2D eigenvalue weighted by molar-refractivity contribution is -0.964. The van der Waals surface area contributed by atoms with Crippen LogP contribution in [-0.2, 0) is 14.4 Å². The van der Waals surface area contributed by atoms with Crippen LogP contribution in [-0.4, -0.2) is 61.5 Å². The summed E-state index contributed by atoms with van der Waals surface area (Å²) in [4.78, 5) is 30.5. The minimum absolute atomic E-state index is 0.463. The fourth-order valence-corrected chi connectivity index (χ4v) is 3.16. The number of benzene rings is 2. The second-order valence-corrected chi connectivity index (χ2v) is 6.93. The molecule has 0 spiro atoms. The van der Waals surface area contributed by atoms with Gasteiger partial charge in [-0.15, -0.1) is 0 Å². The Morgan fingerprint density at radius 1 is 0.853 bits per heavy atom. The highest BCUT2D eigenvalue weighted by Gasteiger charge is 2.34. The maximum atomic E-state index is 11.8. The van der Waals surface area contributed by atoms with E-state index >= 15 is 0 Å². The molecule has 0 bridgehead atoms. The van der Waals surface area contributed by atoms with Gasteiger partial charge >= 0.3 is 18.3 Å². The van der Waals surface area contributed by atoms with Gasteiger partial charge in [0.1, 0.15) is 38.1 Å². The molecule has 0 aliphatic carbocycles. The van der Waals surface area contributed by atoms with Gasteiger partial charge in [-0.3, -0.25) is 0 Å². The number of nitrogens with one attached hydrogen (secondary N) is 1. The first-order valence-corrected chi connectivity index (χ1v) is 9.59. The Morgan fingerprint density at radius 3 is 1.74 bits per heavy atom. The van der Waals surface area contributed by atoms with Crippen LogP contribution in [0.2, 0.25) is 0 Å². The van der Waals surface area contributed by atoms with Gasteiger partial charge < -0.3 is 35.1 Å². The van der Waals surface area contributed by atoms with E-state index in [-0.39, 0.29) is 0 Å². The molecular weight excluding hydrogens is 478 g/mol. The smallest absolute Gasteiger partial charge is 0.430 e. The molecule has 1 aliphatic heterocycles. The molecule has 1 aliphatic rings. The third-order valence-corrected chi connectivity index (χ3v) is 4.59. The average molecular weight is 498 g/mol. The predicted octanol–water partition coefficient (Wildman–Crippen LogP) is -1.98. The molecule has 1 unspecified atom stereocenters.